The molecule has 0 saturated heterocycles. The Hall–Kier alpha value is -1.66. The van der Waals surface area contributed by atoms with Gasteiger partial charge in [-0.05, 0) is 30.5 Å². The molecule has 0 aliphatic carbocycles. The minimum absolute atomic E-state index is 0.0928. The zero-order chi connectivity index (χ0) is 13.2. The molecule has 2 aromatic rings. The van der Waals surface area contributed by atoms with E-state index in [0.717, 1.165) is 0 Å². The molecular weight excluding hydrogens is 270 g/mol. The average Bonchev–Trinajstić information content (AvgIpc) is 2.81. The zero-order valence-corrected chi connectivity index (χ0v) is 11.2. The maximum Gasteiger partial charge on any atom is 0.261 e. The molecule has 1 N–H and O–H groups in total. The third-order valence-electron chi connectivity index (χ3n) is 2.34. The summed E-state index contributed by atoms with van der Waals surface area (Å²) in [6, 6.07) is 7.54. The fraction of sp³-hybridized carbons (Fsp3) is 0.0833. The molecule has 1 aromatic heterocycles. The molecule has 0 aliphatic heterocycles. The predicted molar refractivity (Wildman–Crippen MR) is 71.6 cm³/mol. The van der Waals surface area contributed by atoms with E-state index in [1.54, 1.807) is 16.8 Å². The van der Waals surface area contributed by atoms with Crippen molar-refractivity contribution in [1.82, 2.24) is 0 Å². The Labute approximate surface area is 109 Å². The van der Waals surface area contributed by atoms with Crippen molar-refractivity contribution in [2.24, 2.45) is 0 Å². The highest BCUT2D eigenvalue weighted by molar-refractivity contribution is 7.92. The summed E-state index contributed by atoms with van der Waals surface area (Å²) < 4.78 is 26.4. The number of ketones is 1. The summed E-state index contributed by atoms with van der Waals surface area (Å²) in [6.07, 6.45) is 0. The predicted octanol–water partition coefficient (Wildman–Crippen LogP) is 2.75. The lowest BCUT2D eigenvalue weighted by Gasteiger charge is -2.06. The van der Waals surface area contributed by atoms with Crippen LogP contribution in [0.4, 0.5) is 5.69 Å². The van der Waals surface area contributed by atoms with Crippen LogP contribution in [-0.2, 0) is 10.0 Å². The van der Waals surface area contributed by atoms with Gasteiger partial charge in [0.2, 0.25) is 0 Å². The Morgan fingerprint density at radius 1 is 1.17 bits per heavy atom. The van der Waals surface area contributed by atoms with Gasteiger partial charge in [0.05, 0.1) is 10.6 Å². The molecule has 0 saturated carbocycles. The van der Waals surface area contributed by atoms with Gasteiger partial charge >= 0.3 is 0 Å². The molecule has 0 aliphatic rings. The number of carbonyl (C=O) groups is 1. The number of Topliss-reactive ketones (excluding diaryl/α,β-unsaturated/α-hetero) is 1. The number of benzene rings is 1. The molecule has 0 amide bonds. The summed E-state index contributed by atoms with van der Waals surface area (Å²) in [5.74, 6) is -0.0928. The molecule has 18 heavy (non-hydrogen) atoms. The number of sulfonamides is 1. The molecule has 0 bridgehead atoms. The van der Waals surface area contributed by atoms with Gasteiger partial charge in [0.15, 0.2) is 5.78 Å². The van der Waals surface area contributed by atoms with Crippen molar-refractivity contribution in [2.45, 2.75) is 11.8 Å². The summed E-state index contributed by atoms with van der Waals surface area (Å²) in [5, 5.41) is 3.50. The van der Waals surface area contributed by atoms with Gasteiger partial charge in [0.1, 0.15) is 0 Å². The third-order valence-corrected chi connectivity index (χ3v) is 4.42. The van der Waals surface area contributed by atoms with Crippen LogP contribution in [0.25, 0.3) is 0 Å². The van der Waals surface area contributed by atoms with E-state index < -0.39 is 10.0 Å². The second-order valence-corrected chi connectivity index (χ2v) is 6.16. The van der Waals surface area contributed by atoms with Gasteiger partial charge in [0.25, 0.3) is 10.0 Å². The standard InChI is InChI=1S/C12H11NO3S2/c1-9(14)10-2-4-12(5-3-10)18(15,16)13-11-6-7-17-8-11/h2-8,13H,1H3. The van der Waals surface area contributed by atoms with Crippen LogP contribution in [0.3, 0.4) is 0 Å². The first-order valence-electron chi connectivity index (χ1n) is 5.15. The first-order valence-corrected chi connectivity index (χ1v) is 7.58. The third kappa shape index (κ3) is 2.77. The lowest BCUT2D eigenvalue weighted by atomic mass is 10.2. The second kappa shape index (κ2) is 4.91. The van der Waals surface area contributed by atoms with E-state index in [9.17, 15) is 13.2 Å². The van der Waals surface area contributed by atoms with E-state index in [4.69, 9.17) is 0 Å². The molecule has 2 rings (SSSR count). The molecule has 0 fully saturated rings. The molecule has 6 heteroatoms. The molecule has 0 radical (unpaired) electrons. The van der Waals surface area contributed by atoms with Gasteiger partial charge in [-0.2, -0.15) is 11.3 Å². The lowest BCUT2D eigenvalue weighted by molar-refractivity contribution is 0.101. The Morgan fingerprint density at radius 3 is 2.33 bits per heavy atom. The SMILES string of the molecule is CC(=O)c1ccc(S(=O)(=O)Nc2ccsc2)cc1. The van der Waals surface area contributed by atoms with E-state index in [0.29, 0.717) is 11.3 Å². The van der Waals surface area contributed by atoms with Gasteiger partial charge < -0.3 is 0 Å². The van der Waals surface area contributed by atoms with Crippen molar-refractivity contribution in [3.8, 4) is 0 Å². The normalized spacial score (nSPS) is 11.2. The minimum atomic E-state index is -3.58. The fourth-order valence-electron chi connectivity index (χ4n) is 1.41. The average molecular weight is 281 g/mol. The minimum Gasteiger partial charge on any atom is -0.295 e. The van der Waals surface area contributed by atoms with E-state index in [2.05, 4.69) is 4.72 Å². The smallest absolute Gasteiger partial charge is 0.261 e. The number of carbonyl (C=O) groups excluding carboxylic acids is 1. The number of hydrogen-bond donors (Lipinski definition) is 1. The highest BCUT2D eigenvalue weighted by atomic mass is 32.2. The van der Waals surface area contributed by atoms with Crippen molar-refractivity contribution in [2.75, 3.05) is 4.72 Å². The summed E-state index contributed by atoms with van der Waals surface area (Å²) in [4.78, 5) is 11.2. The van der Waals surface area contributed by atoms with E-state index in [-0.39, 0.29) is 10.7 Å². The first kappa shape index (κ1) is 12.8. The number of anilines is 1. The largest absolute Gasteiger partial charge is 0.295 e. The molecule has 0 unspecified atom stereocenters. The van der Waals surface area contributed by atoms with Gasteiger partial charge in [0, 0.05) is 10.9 Å². The number of nitrogens with one attached hydrogen (secondary N) is 1. The number of thiophene rings is 1. The van der Waals surface area contributed by atoms with Gasteiger partial charge in [-0.15, -0.1) is 0 Å². The quantitative estimate of drug-likeness (QED) is 0.876. The van der Waals surface area contributed by atoms with Crippen molar-refractivity contribution in [1.29, 1.82) is 0 Å². The van der Waals surface area contributed by atoms with Gasteiger partial charge in [-0.1, -0.05) is 12.1 Å². The lowest BCUT2D eigenvalue weighted by Crippen LogP contribution is -2.12. The molecule has 0 spiro atoms. The van der Waals surface area contributed by atoms with Crippen LogP contribution in [0.2, 0.25) is 0 Å². The van der Waals surface area contributed by atoms with Gasteiger partial charge in [-0.3, -0.25) is 9.52 Å². The summed E-state index contributed by atoms with van der Waals surface area (Å²) in [6.45, 7) is 1.44. The monoisotopic (exact) mass is 281 g/mol. The summed E-state index contributed by atoms with van der Waals surface area (Å²) >= 11 is 1.41. The van der Waals surface area contributed by atoms with Crippen LogP contribution >= 0.6 is 11.3 Å². The van der Waals surface area contributed by atoms with E-state index in [1.807, 2.05) is 0 Å². The molecular formula is C12H11NO3S2. The Kier molecular flexibility index (Phi) is 3.49. The summed E-state index contributed by atoms with van der Waals surface area (Å²) in [7, 11) is -3.58. The van der Waals surface area contributed by atoms with Crippen molar-refractivity contribution < 1.29 is 13.2 Å². The van der Waals surface area contributed by atoms with Crippen molar-refractivity contribution >= 4 is 32.8 Å². The number of hydrogen-bond acceptors (Lipinski definition) is 4. The Morgan fingerprint density at radius 2 is 1.83 bits per heavy atom. The number of rotatable bonds is 4. The Balaban J connectivity index is 2.27. The molecule has 1 aromatic carbocycles. The van der Waals surface area contributed by atoms with Crippen LogP contribution in [0.5, 0.6) is 0 Å². The van der Waals surface area contributed by atoms with Crippen molar-refractivity contribution in [3.05, 3.63) is 46.7 Å². The Bertz CT molecular complexity index is 643. The van der Waals surface area contributed by atoms with Crippen LogP contribution in [0, 0.1) is 0 Å². The van der Waals surface area contributed by atoms with Crippen LogP contribution in [0.1, 0.15) is 17.3 Å². The van der Waals surface area contributed by atoms with Crippen LogP contribution in [0.15, 0.2) is 46.0 Å². The molecule has 1 heterocycles. The highest BCUT2D eigenvalue weighted by Crippen LogP contribution is 2.18. The van der Waals surface area contributed by atoms with Gasteiger partial charge in [-0.25, -0.2) is 8.42 Å². The molecule has 94 valence electrons. The maximum atomic E-state index is 12.0. The molecule has 4 nitrogen and oxygen atoms in total. The summed E-state index contributed by atoms with van der Waals surface area (Å²) in [5.41, 5.74) is 1.03. The topological polar surface area (TPSA) is 63.2 Å². The van der Waals surface area contributed by atoms with E-state index >= 15 is 0 Å². The zero-order valence-electron chi connectivity index (χ0n) is 9.58. The van der Waals surface area contributed by atoms with Crippen LogP contribution < -0.4 is 4.72 Å². The maximum absolute atomic E-state index is 12.0. The second-order valence-electron chi connectivity index (χ2n) is 3.70. The first-order chi connectivity index (χ1) is 8.49. The fourth-order valence-corrected chi connectivity index (χ4v) is 3.12. The van der Waals surface area contributed by atoms with E-state index in [1.165, 1.54) is 42.5 Å². The molecule has 0 atom stereocenters. The van der Waals surface area contributed by atoms with Crippen LogP contribution in [-0.4, -0.2) is 14.2 Å². The van der Waals surface area contributed by atoms with Crippen molar-refractivity contribution in [3.63, 3.8) is 0 Å². The highest BCUT2D eigenvalue weighted by Gasteiger charge is 2.14.